The first-order valence-electron chi connectivity index (χ1n) is 10.2. The Morgan fingerprint density at radius 1 is 1.06 bits per heavy atom. The van der Waals surface area contributed by atoms with Crippen molar-refractivity contribution >= 4 is 28.8 Å². The monoisotopic (exact) mass is 447 g/mol. The van der Waals surface area contributed by atoms with Crippen LogP contribution in [0.2, 0.25) is 0 Å². The van der Waals surface area contributed by atoms with E-state index in [-0.39, 0.29) is 5.56 Å². The molecule has 0 atom stereocenters. The van der Waals surface area contributed by atoms with Crippen LogP contribution in [0.3, 0.4) is 0 Å². The molecule has 0 saturated heterocycles. The molecule has 0 fully saturated rings. The lowest BCUT2D eigenvalue weighted by Crippen LogP contribution is -2.08. The third kappa shape index (κ3) is 3.87. The van der Waals surface area contributed by atoms with E-state index in [1.54, 1.807) is 23.5 Å². The van der Waals surface area contributed by atoms with E-state index in [2.05, 4.69) is 25.2 Å². The highest BCUT2D eigenvalue weighted by atomic mass is 32.1. The molecule has 4 rings (SSSR count). The van der Waals surface area contributed by atoms with Crippen molar-refractivity contribution < 1.29 is 14.6 Å². The Labute approximate surface area is 191 Å². The van der Waals surface area contributed by atoms with Crippen LogP contribution in [0.4, 0.5) is 11.5 Å². The van der Waals surface area contributed by atoms with Crippen molar-refractivity contribution in [2.75, 3.05) is 12.4 Å². The van der Waals surface area contributed by atoms with Crippen LogP contribution >= 0.6 is 11.3 Å². The van der Waals surface area contributed by atoms with E-state index in [0.717, 1.165) is 33.2 Å². The van der Waals surface area contributed by atoms with Crippen molar-refractivity contribution in [3.63, 3.8) is 0 Å². The highest BCUT2D eigenvalue weighted by Crippen LogP contribution is 2.41. The number of anilines is 2. The van der Waals surface area contributed by atoms with Gasteiger partial charge < -0.3 is 15.2 Å². The molecule has 2 heterocycles. The number of nitrogens with one attached hydrogen (secondary N) is 1. The number of carbonyl (C=O) groups is 1. The zero-order valence-corrected chi connectivity index (χ0v) is 19.5. The number of hydrogen-bond donors (Lipinski definition) is 2. The normalized spacial score (nSPS) is 10.9. The Kier molecular flexibility index (Phi) is 5.76. The van der Waals surface area contributed by atoms with Gasteiger partial charge in [-0.05, 0) is 69.2 Å². The average molecular weight is 448 g/mol. The number of thiophene rings is 1. The first kappa shape index (κ1) is 21.6. The lowest BCUT2D eigenvalue weighted by atomic mass is 10.1. The second kappa shape index (κ2) is 8.51. The van der Waals surface area contributed by atoms with E-state index < -0.39 is 5.97 Å². The number of para-hydroxylation sites is 1. The molecule has 0 bridgehead atoms. The molecule has 0 saturated carbocycles. The first-order valence-corrected chi connectivity index (χ1v) is 11.0. The number of ether oxygens (including phenoxy) is 1. The van der Waals surface area contributed by atoms with E-state index >= 15 is 0 Å². The highest BCUT2D eigenvalue weighted by molar-refractivity contribution is 7.15. The van der Waals surface area contributed by atoms with Crippen molar-refractivity contribution in [2.45, 2.75) is 27.7 Å². The summed E-state index contributed by atoms with van der Waals surface area (Å²) in [6.45, 7) is 8.20. The predicted molar refractivity (Wildman–Crippen MR) is 129 cm³/mol. The Hall–Kier alpha value is -3.58. The SMILES string of the molecule is COc1ccc(Nc2c(-c3cc(C)c(C)s3)c(C)nn2-c2ccccc2C)c(C(=O)O)c1. The van der Waals surface area contributed by atoms with Crippen LogP contribution in [0.1, 0.15) is 32.1 Å². The predicted octanol–water partition coefficient (Wildman–Crippen LogP) is 6.28. The van der Waals surface area contributed by atoms with E-state index in [1.165, 1.54) is 23.6 Å². The van der Waals surface area contributed by atoms with Crippen LogP contribution < -0.4 is 10.1 Å². The number of aromatic nitrogens is 2. The first-order chi connectivity index (χ1) is 15.3. The second-order valence-corrected chi connectivity index (χ2v) is 8.96. The number of aromatic carboxylic acids is 1. The number of carboxylic acid groups (broad SMARTS) is 1. The summed E-state index contributed by atoms with van der Waals surface area (Å²) in [6, 6.07) is 15.1. The maximum Gasteiger partial charge on any atom is 0.337 e. The molecule has 0 aliphatic heterocycles. The molecule has 0 aliphatic carbocycles. The smallest absolute Gasteiger partial charge is 0.337 e. The van der Waals surface area contributed by atoms with Crippen LogP contribution in [0.25, 0.3) is 16.1 Å². The Morgan fingerprint density at radius 2 is 1.81 bits per heavy atom. The summed E-state index contributed by atoms with van der Waals surface area (Å²) in [7, 11) is 1.52. The molecule has 164 valence electrons. The fourth-order valence-corrected chi connectivity index (χ4v) is 4.81. The molecular formula is C25H25N3O3S. The third-order valence-corrected chi connectivity index (χ3v) is 6.70. The number of nitrogens with zero attached hydrogens (tertiary/aromatic N) is 2. The number of hydrogen-bond acceptors (Lipinski definition) is 5. The number of methoxy groups -OCH3 is 1. The van der Waals surface area contributed by atoms with Gasteiger partial charge in [-0.2, -0.15) is 5.10 Å². The minimum absolute atomic E-state index is 0.129. The minimum atomic E-state index is -1.03. The van der Waals surface area contributed by atoms with Crippen molar-refractivity contribution in [1.29, 1.82) is 0 Å². The Balaban J connectivity index is 1.96. The molecule has 0 spiro atoms. The standard InChI is InChI=1S/C25H25N3O3S/c1-14-8-6-7-9-21(14)28-24(23(16(3)27-28)22-12-15(2)17(4)32-22)26-20-11-10-18(31-5)13-19(20)25(29)30/h6-13,26H,1-5H3,(H,29,30). The lowest BCUT2D eigenvalue weighted by molar-refractivity contribution is 0.0697. The molecule has 0 amide bonds. The molecule has 4 aromatic rings. The van der Waals surface area contributed by atoms with Gasteiger partial charge in [-0.3, -0.25) is 0 Å². The van der Waals surface area contributed by atoms with Crippen molar-refractivity contribution in [1.82, 2.24) is 9.78 Å². The van der Waals surface area contributed by atoms with E-state index in [9.17, 15) is 9.90 Å². The fourth-order valence-electron chi connectivity index (χ4n) is 3.67. The topological polar surface area (TPSA) is 76.4 Å². The second-order valence-electron chi connectivity index (χ2n) is 7.70. The Bertz CT molecular complexity index is 1300. The Morgan fingerprint density at radius 3 is 2.44 bits per heavy atom. The molecule has 0 unspecified atom stereocenters. The summed E-state index contributed by atoms with van der Waals surface area (Å²) in [6.07, 6.45) is 0. The molecule has 7 heteroatoms. The van der Waals surface area contributed by atoms with Gasteiger partial charge in [-0.1, -0.05) is 18.2 Å². The summed E-state index contributed by atoms with van der Waals surface area (Å²) in [5.74, 6) is 0.182. The van der Waals surface area contributed by atoms with Gasteiger partial charge in [0.15, 0.2) is 0 Å². The highest BCUT2D eigenvalue weighted by Gasteiger charge is 2.23. The van der Waals surface area contributed by atoms with Gasteiger partial charge in [0.05, 0.1) is 35.3 Å². The number of rotatable bonds is 6. The van der Waals surface area contributed by atoms with Gasteiger partial charge in [0.25, 0.3) is 0 Å². The van der Waals surface area contributed by atoms with Crippen molar-refractivity contribution in [3.8, 4) is 21.9 Å². The van der Waals surface area contributed by atoms with Crippen LogP contribution in [-0.4, -0.2) is 28.0 Å². The summed E-state index contributed by atoms with van der Waals surface area (Å²) in [5.41, 5.74) is 5.64. The maximum atomic E-state index is 12.0. The molecule has 0 aliphatic rings. The van der Waals surface area contributed by atoms with Gasteiger partial charge >= 0.3 is 5.97 Å². The largest absolute Gasteiger partial charge is 0.497 e. The van der Waals surface area contributed by atoms with Crippen molar-refractivity contribution in [2.24, 2.45) is 0 Å². The molecule has 0 radical (unpaired) electrons. The molecule has 6 nitrogen and oxygen atoms in total. The minimum Gasteiger partial charge on any atom is -0.497 e. The maximum absolute atomic E-state index is 12.0. The van der Waals surface area contributed by atoms with Crippen LogP contribution in [0.5, 0.6) is 5.75 Å². The quantitative estimate of drug-likeness (QED) is 0.363. The van der Waals surface area contributed by atoms with Crippen LogP contribution in [0.15, 0.2) is 48.5 Å². The summed E-state index contributed by atoms with van der Waals surface area (Å²) < 4.78 is 7.09. The average Bonchev–Trinajstić information content (AvgIpc) is 3.26. The van der Waals surface area contributed by atoms with Crippen LogP contribution in [-0.2, 0) is 0 Å². The van der Waals surface area contributed by atoms with Gasteiger partial charge in [0.1, 0.15) is 11.6 Å². The number of benzene rings is 2. The number of carboxylic acids is 1. The summed E-state index contributed by atoms with van der Waals surface area (Å²) in [5, 5.41) is 18.0. The van der Waals surface area contributed by atoms with Crippen molar-refractivity contribution in [3.05, 3.63) is 75.8 Å². The van der Waals surface area contributed by atoms with Gasteiger partial charge in [-0.15, -0.1) is 11.3 Å². The number of aryl methyl sites for hydroxylation is 4. The summed E-state index contributed by atoms with van der Waals surface area (Å²) >= 11 is 1.71. The third-order valence-electron chi connectivity index (χ3n) is 5.53. The molecule has 2 aromatic heterocycles. The van der Waals surface area contributed by atoms with E-state index in [4.69, 9.17) is 9.84 Å². The van der Waals surface area contributed by atoms with E-state index in [1.807, 2.05) is 42.8 Å². The van der Waals surface area contributed by atoms with E-state index in [0.29, 0.717) is 11.4 Å². The lowest BCUT2D eigenvalue weighted by Gasteiger charge is -2.15. The molecule has 2 N–H and O–H groups in total. The van der Waals surface area contributed by atoms with Gasteiger partial charge in [0.2, 0.25) is 0 Å². The molecular weight excluding hydrogens is 422 g/mol. The van der Waals surface area contributed by atoms with Gasteiger partial charge in [0, 0.05) is 9.75 Å². The zero-order chi connectivity index (χ0) is 23.0. The molecule has 32 heavy (non-hydrogen) atoms. The van der Waals surface area contributed by atoms with Crippen LogP contribution in [0, 0.1) is 27.7 Å². The fraction of sp³-hybridized carbons (Fsp3) is 0.200. The zero-order valence-electron chi connectivity index (χ0n) is 18.7. The van der Waals surface area contributed by atoms with Gasteiger partial charge in [-0.25, -0.2) is 9.48 Å². The summed E-state index contributed by atoms with van der Waals surface area (Å²) in [4.78, 5) is 14.3. The molecule has 2 aromatic carbocycles.